The van der Waals surface area contributed by atoms with Crippen molar-refractivity contribution in [1.82, 2.24) is 0 Å². The molecule has 0 aromatic rings. The van der Waals surface area contributed by atoms with Crippen LogP contribution in [-0.2, 0) is 23.1 Å². The zero-order valence-corrected chi connectivity index (χ0v) is 16.2. The Morgan fingerprint density at radius 2 is 2.09 bits per heavy atom. The van der Waals surface area contributed by atoms with E-state index in [-0.39, 0.29) is 28.8 Å². The van der Waals surface area contributed by atoms with Gasteiger partial charge in [0.05, 0.1) is 25.7 Å². The molecular weight excluding hydrogens is 440 g/mol. The molecule has 0 spiro atoms. The molecule has 1 aliphatic rings. The topological polar surface area (TPSA) is 85.6 Å². The van der Waals surface area contributed by atoms with Crippen LogP contribution < -0.4 is 0 Å². The van der Waals surface area contributed by atoms with Crippen LogP contribution in [0.2, 0.25) is 0 Å². The monoisotopic (exact) mass is 457 g/mol. The maximum absolute atomic E-state index is 13.0. The summed E-state index contributed by atoms with van der Waals surface area (Å²) in [6, 6.07) is 2.11. The quantitative estimate of drug-likeness (QED) is 0.191. The number of alkyl halides is 1. The van der Waals surface area contributed by atoms with E-state index in [4.69, 9.17) is 15.5 Å². The fourth-order valence-electron chi connectivity index (χ4n) is 2.10. The Morgan fingerprint density at radius 1 is 1.50 bits per heavy atom. The number of hydrogen-bond acceptors (Lipinski definition) is 7. The van der Waals surface area contributed by atoms with Crippen LogP contribution in [0.15, 0.2) is 0 Å². The molecule has 0 aliphatic carbocycles. The predicted octanol–water partition coefficient (Wildman–Crippen LogP) is 3.31. The van der Waals surface area contributed by atoms with Crippen LogP contribution in [0.3, 0.4) is 0 Å². The first-order valence-corrected chi connectivity index (χ1v) is 10.3. The second-order valence-electron chi connectivity index (χ2n) is 4.40. The van der Waals surface area contributed by atoms with Gasteiger partial charge in [-0.3, -0.25) is 9.36 Å². The van der Waals surface area contributed by atoms with Gasteiger partial charge in [0.2, 0.25) is 4.49 Å². The van der Waals surface area contributed by atoms with Crippen LogP contribution in [0.4, 0.5) is 0 Å². The van der Waals surface area contributed by atoms with Gasteiger partial charge < -0.3 is 13.8 Å². The SMILES string of the molecule is C#COC(=O)C[C@@H]1S[C@@](C#N)(P(=O)(OCC)OCC)C[C@@H]1I. The number of terminal acetylenes is 1. The molecule has 22 heavy (non-hydrogen) atoms. The molecule has 0 bridgehead atoms. The number of halogens is 1. The lowest BCUT2D eigenvalue weighted by Crippen LogP contribution is -2.23. The summed E-state index contributed by atoms with van der Waals surface area (Å²) < 4.78 is 26.8. The Balaban J connectivity index is 3.01. The fourth-order valence-corrected chi connectivity index (χ4v) is 8.35. The summed E-state index contributed by atoms with van der Waals surface area (Å²) >= 11 is 3.29. The summed E-state index contributed by atoms with van der Waals surface area (Å²) in [6.45, 7) is 3.74. The summed E-state index contributed by atoms with van der Waals surface area (Å²) in [5, 5.41) is 9.38. The van der Waals surface area contributed by atoms with Gasteiger partial charge >= 0.3 is 13.6 Å². The van der Waals surface area contributed by atoms with Gasteiger partial charge in [-0.15, -0.1) is 11.8 Å². The van der Waals surface area contributed by atoms with Crippen molar-refractivity contribution < 1.29 is 23.1 Å². The van der Waals surface area contributed by atoms with Gasteiger partial charge in [-0.1, -0.05) is 29.0 Å². The molecule has 0 aromatic carbocycles. The number of nitriles is 1. The van der Waals surface area contributed by atoms with Crippen molar-refractivity contribution in [2.45, 2.75) is 40.4 Å². The van der Waals surface area contributed by atoms with Crippen LogP contribution in [0.1, 0.15) is 26.7 Å². The minimum Gasteiger partial charge on any atom is -0.372 e. The van der Waals surface area contributed by atoms with Gasteiger partial charge in [0, 0.05) is 9.17 Å². The molecule has 0 unspecified atom stereocenters. The molecule has 122 valence electrons. The Labute approximate surface area is 148 Å². The summed E-state index contributed by atoms with van der Waals surface area (Å²) in [6.07, 6.45) is 7.11. The maximum atomic E-state index is 13.0. The zero-order valence-electron chi connectivity index (χ0n) is 12.3. The van der Waals surface area contributed by atoms with Crippen LogP contribution in [0.5, 0.6) is 0 Å². The van der Waals surface area contributed by atoms with Crippen molar-refractivity contribution in [2.24, 2.45) is 0 Å². The second-order valence-corrected chi connectivity index (χ2v) is 10.1. The first-order chi connectivity index (χ1) is 10.4. The van der Waals surface area contributed by atoms with Crippen LogP contribution in [-0.4, -0.2) is 32.8 Å². The van der Waals surface area contributed by atoms with Crippen molar-refractivity contribution in [2.75, 3.05) is 13.2 Å². The maximum Gasteiger partial charge on any atom is 0.360 e. The Morgan fingerprint density at radius 3 is 2.55 bits per heavy atom. The van der Waals surface area contributed by atoms with Crippen LogP contribution in [0, 0.1) is 23.9 Å². The lowest BCUT2D eigenvalue weighted by molar-refractivity contribution is -0.136. The standard InChI is InChI=1S/C13H17INO5PS/c1-4-18-12(16)7-11-10(14)8-13(9-15,22-11)21(17,19-5-2)20-6-3/h1,10-11H,5-8H2,2-3H3/t10-,11-,13-/m0/s1. The first-order valence-electron chi connectivity index (χ1n) is 6.65. The number of rotatable bonds is 7. The minimum atomic E-state index is -3.63. The number of carbonyl (C=O) groups excluding carboxylic acids is 1. The van der Waals surface area contributed by atoms with E-state index >= 15 is 0 Å². The molecular formula is C13H17INO5PS. The summed E-state index contributed by atoms with van der Waals surface area (Å²) in [5.41, 5.74) is 0. The largest absolute Gasteiger partial charge is 0.372 e. The molecule has 1 aliphatic heterocycles. The summed E-state index contributed by atoms with van der Waals surface area (Å²) in [5.74, 6) is -0.543. The highest BCUT2D eigenvalue weighted by Gasteiger charge is 2.60. The summed E-state index contributed by atoms with van der Waals surface area (Å²) in [4.78, 5) is 11.5. The lowest BCUT2D eigenvalue weighted by atomic mass is 10.1. The van der Waals surface area contributed by atoms with E-state index in [2.05, 4.69) is 33.4 Å². The van der Waals surface area contributed by atoms with Gasteiger partial charge in [-0.2, -0.15) is 5.26 Å². The fraction of sp³-hybridized carbons (Fsp3) is 0.692. The predicted molar refractivity (Wildman–Crippen MR) is 92.5 cm³/mol. The van der Waals surface area contributed by atoms with Gasteiger partial charge in [-0.05, 0) is 20.3 Å². The molecule has 0 saturated carbocycles. The minimum absolute atomic E-state index is 0.0458. The smallest absolute Gasteiger partial charge is 0.360 e. The third-order valence-electron chi connectivity index (χ3n) is 2.98. The molecule has 1 heterocycles. The van der Waals surface area contributed by atoms with E-state index in [0.717, 1.165) is 11.8 Å². The van der Waals surface area contributed by atoms with Crippen molar-refractivity contribution in [3.8, 4) is 18.6 Å². The molecule has 0 N–H and O–H groups in total. The van der Waals surface area contributed by atoms with Gasteiger partial charge in [0.15, 0.2) is 0 Å². The molecule has 0 aromatic heterocycles. The van der Waals surface area contributed by atoms with E-state index in [1.165, 1.54) is 0 Å². The van der Waals surface area contributed by atoms with Crippen molar-refractivity contribution in [3.05, 3.63) is 0 Å². The Hall–Kier alpha value is -0.250. The second kappa shape index (κ2) is 8.56. The highest BCUT2D eigenvalue weighted by molar-refractivity contribution is 14.1. The molecule has 1 fully saturated rings. The van der Waals surface area contributed by atoms with E-state index in [0.29, 0.717) is 6.42 Å². The molecule has 0 amide bonds. The summed E-state index contributed by atoms with van der Waals surface area (Å²) in [7, 11) is -3.63. The number of esters is 1. The van der Waals surface area contributed by atoms with Gasteiger partial charge in [0.25, 0.3) is 0 Å². The van der Waals surface area contributed by atoms with E-state index in [9.17, 15) is 14.6 Å². The lowest BCUT2D eigenvalue weighted by Gasteiger charge is -2.29. The highest BCUT2D eigenvalue weighted by Crippen LogP contribution is 2.71. The normalized spacial score (nSPS) is 27.9. The van der Waals surface area contributed by atoms with E-state index in [1.807, 2.05) is 6.11 Å². The molecule has 1 saturated heterocycles. The highest BCUT2D eigenvalue weighted by atomic mass is 127. The Kier molecular flexibility index (Phi) is 7.70. The van der Waals surface area contributed by atoms with Crippen molar-refractivity contribution in [3.63, 3.8) is 0 Å². The molecule has 6 nitrogen and oxygen atoms in total. The number of carbonyl (C=O) groups is 1. The average molecular weight is 457 g/mol. The number of ether oxygens (including phenoxy) is 1. The van der Waals surface area contributed by atoms with E-state index < -0.39 is 18.1 Å². The van der Waals surface area contributed by atoms with Gasteiger partial charge in [0.1, 0.15) is 6.11 Å². The molecule has 1 rings (SSSR count). The molecule has 0 radical (unpaired) electrons. The number of hydrogen-bond donors (Lipinski definition) is 0. The molecule has 9 heteroatoms. The third kappa shape index (κ3) is 4.18. The van der Waals surface area contributed by atoms with E-state index in [1.54, 1.807) is 13.8 Å². The number of thioether (sulfide) groups is 1. The Bertz CT molecular complexity index is 536. The van der Waals surface area contributed by atoms with Gasteiger partial charge in [-0.25, -0.2) is 0 Å². The first kappa shape index (κ1) is 19.8. The molecule has 3 atom stereocenters. The number of nitrogens with zero attached hydrogens (tertiary/aromatic N) is 1. The third-order valence-corrected chi connectivity index (χ3v) is 9.57. The van der Waals surface area contributed by atoms with Crippen LogP contribution in [0.25, 0.3) is 0 Å². The van der Waals surface area contributed by atoms with Crippen molar-refractivity contribution >= 4 is 47.9 Å². The zero-order chi connectivity index (χ0) is 16.8. The van der Waals surface area contributed by atoms with Crippen LogP contribution >= 0.6 is 41.9 Å². The van der Waals surface area contributed by atoms with Crippen molar-refractivity contribution in [1.29, 1.82) is 5.26 Å². The average Bonchev–Trinajstić information content (AvgIpc) is 2.78.